The first kappa shape index (κ1) is 13.8. The van der Waals surface area contributed by atoms with Crippen LogP contribution in [0.3, 0.4) is 0 Å². The summed E-state index contributed by atoms with van der Waals surface area (Å²) in [5.41, 5.74) is 5.97. The van der Waals surface area contributed by atoms with Crippen LogP contribution in [0, 0.1) is 6.92 Å². The second-order valence-corrected chi connectivity index (χ2v) is 3.62. The number of hydrogen-bond donors (Lipinski definition) is 3. The molecule has 0 saturated carbocycles. The number of aliphatic hydroxyl groups is 1. The number of rotatable bonds is 3. The fourth-order valence-electron chi connectivity index (χ4n) is 0.991. The highest BCUT2D eigenvalue weighted by atomic mass is 35.5. The molecule has 0 spiro atoms. The molecule has 1 rings (SSSR count). The van der Waals surface area contributed by atoms with E-state index in [9.17, 15) is 13.2 Å². The molecule has 4 N–H and O–H groups in total. The van der Waals surface area contributed by atoms with Gasteiger partial charge in [0.1, 0.15) is 0 Å². The average Bonchev–Trinajstić information content (AvgIpc) is 2.19. The van der Waals surface area contributed by atoms with Crippen LogP contribution in [0.1, 0.15) is 5.69 Å². The minimum absolute atomic E-state index is 0.0363. The summed E-state index contributed by atoms with van der Waals surface area (Å²) in [6, 6.07) is 0. The van der Waals surface area contributed by atoms with E-state index >= 15 is 0 Å². The van der Waals surface area contributed by atoms with Crippen molar-refractivity contribution in [1.82, 2.24) is 9.97 Å². The summed E-state index contributed by atoms with van der Waals surface area (Å²) in [5, 5.41) is 10.9. The molecular formula is C8H10ClF3N4O. The summed E-state index contributed by atoms with van der Waals surface area (Å²) in [6.07, 6.45) is -7.20. The van der Waals surface area contributed by atoms with Crippen molar-refractivity contribution in [2.24, 2.45) is 0 Å². The Morgan fingerprint density at radius 2 is 2.06 bits per heavy atom. The first-order valence-corrected chi connectivity index (χ1v) is 4.88. The number of nitrogens with one attached hydrogen (secondary N) is 1. The van der Waals surface area contributed by atoms with Gasteiger partial charge in [0.15, 0.2) is 11.9 Å². The summed E-state index contributed by atoms with van der Waals surface area (Å²) in [7, 11) is 0. The number of aromatic nitrogens is 2. The second-order valence-electron chi connectivity index (χ2n) is 3.28. The van der Waals surface area contributed by atoms with Crippen molar-refractivity contribution in [3.05, 3.63) is 11.0 Å². The lowest BCUT2D eigenvalue weighted by molar-refractivity contribution is -0.198. The molecule has 17 heavy (non-hydrogen) atoms. The predicted octanol–water partition coefficient (Wildman–Crippen LogP) is 1.36. The highest BCUT2D eigenvalue weighted by Crippen LogP contribution is 2.23. The van der Waals surface area contributed by atoms with Crippen molar-refractivity contribution in [1.29, 1.82) is 0 Å². The van der Waals surface area contributed by atoms with Crippen molar-refractivity contribution in [2.75, 3.05) is 17.6 Å². The summed E-state index contributed by atoms with van der Waals surface area (Å²) in [5.74, 6) is -0.0363. The Bertz CT molecular complexity index is 412. The van der Waals surface area contributed by atoms with Gasteiger partial charge in [-0.15, -0.1) is 0 Å². The third-order valence-corrected chi connectivity index (χ3v) is 2.12. The Labute approximate surface area is 99.8 Å². The van der Waals surface area contributed by atoms with E-state index < -0.39 is 18.8 Å². The van der Waals surface area contributed by atoms with Gasteiger partial charge in [0.2, 0.25) is 5.28 Å². The fourth-order valence-corrected chi connectivity index (χ4v) is 1.20. The molecule has 9 heteroatoms. The van der Waals surface area contributed by atoms with Crippen LogP contribution in [0.2, 0.25) is 5.28 Å². The van der Waals surface area contributed by atoms with Gasteiger partial charge in [0.25, 0.3) is 0 Å². The van der Waals surface area contributed by atoms with Crippen LogP contribution < -0.4 is 11.1 Å². The van der Waals surface area contributed by atoms with Gasteiger partial charge >= 0.3 is 6.18 Å². The molecule has 1 unspecified atom stereocenters. The highest BCUT2D eigenvalue weighted by Gasteiger charge is 2.38. The second kappa shape index (κ2) is 4.92. The van der Waals surface area contributed by atoms with E-state index in [0.717, 1.165) is 0 Å². The van der Waals surface area contributed by atoms with E-state index in [0.29, 0.717) is 5.69 Å². The molecule has 96 valence electrons. The number of aryl methyl sites for hydroxylation is 1. The maximum atomic E-state index is 12.0. The van der Waals surface area contributed by atoms with E-state index in [4.69, 9.17) is 22.4 Å². The molecule has 0 fully saturated rings. The monoisotopic (exact) mass is 270 g/mol. The van der Waals surface area contributed by atoms with Gasteiger partial charge in [-0.25, -0.2) is 4.98 Å². The Balaban J connectivity index is 2.76. The first-order chi connectivity index (χ1) is 7.71. The van der Waals surface area contributed by atoms with E-state index in [1.165, 1.54) is 6.92 Å². The average molecular weight is 271 g/mol. The molecule has 1 heterocycles. The van der Waals surface area contributed by atoms with E-state index in [1.807, 2.05) is 0 Å². The lowest BCUT2D eigenvalue weighted by atomic mass is 10.3. The van der Waals surface area contributed by atoms with Crippen LogP contribution >= 0.6 is 11.6 Å². The lowest BCUT2D eigenvalue weighted by Crippen LogP contribution is -2.35. The molecule has 0 aliphatic heterocycles. The van der Waals surface area contributed by atoms with Gasteiger partial charge in [-0.05, 0) is 18.5 Å². The van der Waals surface area contributed by atoms with Gasteiger partial charge in [-0.2, -0.15) is 18.2 Å². The standard InChI is InChI=1S/C8H10ClF3N4O/c1-3-5(13)6(16-7(9)15-3)14-2-4(17)8(10,11)12/h4,17H,2,13H2,1H3,(H,14,15,16). The van der Waals surface area contributed by atoms with Gasteiger partial charge in [0, 0.05) is 0 Å². The summed E-state index contributed by atoms with van der Waals surface area (Å²) in [6.45, 7) is 0.773. The van der Waals surface area contributed by atoms with Crippen molar-refractivity contribution in [3.63, 3.8) is 0 Å². The van der Waals surface area contributed by atoms with Crippen LogP contribution in [0.15, 0.2) is 0 Å². The molecule has 0 aromatic carbocycles. The number of alkyl halides is 3. The Kier molecular flexibility index (Phi) is 3.99. The number of hydrogen-bond acceptors (Lipinski definition) is 5. The van der Waals surface area contributed by atoms with Gasteiger partial charge in [-0.1, -0.05) is 0 Å². The maximum Gasteiger partial charge on any atom is 0.416 e. The molecule has 0 saturated heterocycles. The molecule has 0 aliphatic carbocycles. The van der Waals surface area contributed by atoms with E-state index in [1.54, 1.807) is 0 Å². The zero-order valence-electron chi connectivity index (χ0n) is 8.72. The number of nitrogens with two attached hydrogens (primary N) is 1. The SMILES string of the molecule is Cc1nc(Cl)nc(NCC(O)C(F)(F)F)c1N. The van der Waals surface area contributed by atoms with Gasteiger partial charge in [-0.3, -0.25) is 0 Å². The minimum atomic E-state index is -4.70. The lowest BCUT2D eigenvalue weighted by Gasteiger charge is -2.16. The summed E-state index contributed by atoms with van der Waals surface area (Å²) in [4.78, 5) is 7.34. The van der Waals surface area contributed by atoms with Crippen LogP contribution in [0.25, 0.3) is 0 Å². The highest BCUT2D eigenvalue weighted by molar-refractivity contribution is 6.28. The number of aliphatic hydroxyl groups excluding tert-OH is 1. The molecule has 0 radical (unpaired) electrons. The molecule has 0 aliphatic rings. The molecule has 1 aromatic heterocycles. The number of nitrogen functional groups attached to an aromatic ring is 1. The van der Waals surface area contributed by atoms with Gasteiger partial charge < -0.3 is 16.2 Å². The number of halogens is 4. The molecule has 0 bridgehead atoms. The maximum absolute atomic E-state index is 12.0. The molecule has 1 atom stereocenters. The fraction of sp³-hybridized carbons (Fsp3) is 0.500. The van der Waals surface area contributed by atoms with Crippen molar-refractivity contribution < 1.29 is 18.3 Å². The topological polar surface area (TPSA) is 84.1 Å². The smallest absolute Gasteiger partial charge is 0.394 e. The van der Waals surface area contributed by atoms with Crippen LogP contribution in [0.5, 0.6) is 0 Å². The predicted molar refractivity (Wildman–Crippen MR) is 56.7 cm³/mol. The Morgan fingerprint density at radius 1 is 1.47 bits per heavy atom. The zero-order chi connectivity index (χ0) is 13.2. The number of anilines is 2. The summed E-state index contributed by atoms with van der Waals surface area (Å²) < 4.78 is 36.1. The van der Waals surface area contributed by atoms with Crippen LogP contribution in [0.4, 0.5) is 24.7 Å². The largest absolute Gasteiger partial charge is 0.416 e. The van der Waals surface area contributed by atoms with Crippen LogP contribution in [-0.2, 0) is 0 Å². The molecule has 5 nitrogen and oxygen atoms in total. The van der Waals surface area contributed by atoms with Crippen molar-refractivity contribution in [2.45, 2.75) is 19.2 Å². The summed E-state index contributed by atoms with van der Waals surface area (Å²) >= 11 is 5.52. The van der Waals surface area contributed by atoms with Crippen LogP contribution in [-0.4, -0.2) is 33.9 Å². The normalized spacial score (nSPS) is 13.5. The number of nitrogens with zero attached hydrogens (tertiary/aromatic N) is 2. The third kappa shape index (κ3) is 3.60. The first-order valence-electron chi connectivity index (χ1n) is 4.50. The van der Waals surface area contributed by atoms with Gasteiger partial charge in [0.05, 0.1) is 17.9 Å². The zero-order valence-corrected chi connectivity index (χ0v) is 9.47. The Morgan fingerprint density at radius 3 is 2.59 bits per heavy atom. The van der Waals surface area contributed by atoms with E-state index in [-0.39, 0.29) is 16.8 Å². The van der Waals surface area contributed by atoms with Crippen molar-refractivity contribution in [3.8, 4) is 0 Å². The molecule has 1 aromatic rings. The molecule has 0 amide bonds. The van der Waals surface area contributed by atoms with E-state index in [2.05, 4.69) is 15.3 Å². The Hall–Kier alpha value is -1.28. The minimum Gasteiger partial charge on any atom is -0.394 e. The quantitative estimate of drug-likeness (QED) is 0.722. The van der Waals surface area contributed by atoms with Crippen molar-refractivity contribution >= 4 is 23.1 Å². The third-order valence-electron chi connectivity index (χ3n) is 1.95. The molecular weight excluding hydrogens is 261 g/mol.